The molecule has 1 amide bonds. The zero-order chi connectivity index (χ0) is 12.6. The number of halogens is 1. The molecule has 1 unspecified atom stereocenters. The van der Waals surface area contributed by atoms with Crippen LogP contribution in [-0.2, 0) is 9.53 Å². The maximum Gasteiger partial charge on any atom is 0.222 e. The third kappa shape index (κ3) is 9.39. The Labute approximate surface area is 111 Å². The molecule has 0 saturated carbocycles. The van der Waals surface area contributed by atoms with E-state index in [1.807, 2.05) is 7.05 Å². The molecule has 0 rings (SSSR count). The molecule has 4 nitrogen and oxygen atoms in total. The van der Waals surface area contributed by atoms with Crippen molar-refractivity contribution >= 4 is 18.3 Å². The molecule has 2 N–H and O–H groups in total. The maximum absolute atomic E-state index is 11.6. The molecule has 0 radical (unpaired) electrons. The number of carbonyl (C=O) groups excluding carboxylic acids is 1. The number of hydrogen-bond donors (Lipinski definition) is 1. The number of nitrogens with zero attached hydrogens (tertiary/aromatic N) is 1. The Hall–Kier alpha value is -0.320. The van der Waals surface area contributed by atoms with E-state index in [2.05, 4.69) is 13.8 Å². The Kier molecular flexibility index (Phi) is 12.1. The highest BCUT2D eigenvalue weighted by atomic mass is 35.5. The smallest absolute Gasteiger partial charge is 0.222 e. The van der Waals surface area contributed by atoms with Crippen molar-refractivity contribution in [2.75, 3.05) is 27.3 Å². The van der Waals surface area contributed by atoms with E-state index in [1.165, 1.54) is 0 Å². The van der Waals surface area contributed by atoms with Crippen LogP contribution in [0.25, 0.3) is 0 Å². The molecule has 0 bridgehead atoms. The Balaban J connectivity index is 0. The fourth-order valence-corrected chi connectivity index (χ4v) is 1.36. The number of hydrogen-bond acceptors (Lipinski definition) is 3. The van der Waals surface area contributed by atoms with E-state index in [-0.39, 0.29) is 24.4 Å². The number of ether oxygens (including phenoxy) is 1. The average molecular weight is 267 g/mol. The molecular formula is C12H27ClN2O2. The second-order valence-corrected chi connectivity index (χ2v) is 4.61. The first kappa shape index (κ1) is 19.0. The van der Waals surface area contributed by atoms with Crippen LogP contribution in [0.3, 0.4) is 0 Å². The second-order valence-electron chi connectivity index (χ2n) is 4.61. The van der Waals surface area contributed by atoms with Crippen molar-refractivity contribution in [3.8, 4) is 0 Å². The lowest BCUT2D eigenvalue weighted by molar-refractivity contribution is -0.130. The largest absolute Gasteiger partial charge is 0.385 e. The quantitative estimate of drug-likeness (QED) is 0.680. The van der Waals surface area contributed by atoms with E-state index in [1.54, 1.807) is 12.0 Å². The van der Waals surface area contributed by atoms with E-state index >= 15 is 0 Å². The molecule has 0 saturated heterocycles. The first-order valence-electron chi connectivity index (χ1n) is 5.97. The van der Waals surface area contributed by atoms with Crippen LogP contribution >= 0.6 is 12.4 Å². The number of rotatable bonds is 8. The monoisotopic (exact) mass is 266 g/mol. The summed E-state index contributed by atoms with van der Waals surface area (Å²) in [6, 6.07) is 0.175. The van der Waals surface area contributed by atoms with Gasteiger partial charge in [0.25, 0.3) is 0 Å². The Morgan fingerprint density at radius 2 is 2.00 bits per heavy atom. The third-order valence-electron chi connectivity index (χ3n) is 2.82. The zero-order valence-corrected chi connectivity index (χ0v) is 12.3. The van der Waals surface area contributed by atoms with Gasteiger partial charge in [-0.05, 0) is 18.8 Å². The normalized spacial score (nSPS) is 12.1. The van der Waals surface area contributed by atoms with Gasteiger partial charge >= 0.3 is 0 Å². The first-order valence-corrected chi connectivity index (χ1v) is 5.97. The lowest BCUT2D eigenvalue weighted by Crippen LogP contribution is -2.34. The number of nitrogens with two attached hydrogens (primary N) is 1. The lowest BCUT2D eigenvalue weighted by atomic mass is 10.0. The summed E-state index contributed by atoms with van der Waals surface area (Å²) in [5, 5.41) is 0. The molecule has 17 heavy (non-hydrogen) atoms. The van der Waals surface area contributed by atoms with E-state index in [9.17, 15) is 4.79 Å². The van der Waals surface area contributed by atoms with Crippen LogP contribution in [-0.4, -0.2) is 44.2 Å². The Morgan fingerprint density at radius 3 is 2.47 bits per heavy atom. The molecule has 0 fully saturated rings. The van der Waals surface area contributed by atoms with Gasteiger partial charge in [-0.3, -0.25) is 4.79 Å². The molecule has 104 valence electrons. The van der Waals surface area contributed by atoms with Crippen LogP contribution in [0.4, 0.5) is 0 Å². The maximum atomic E-state index is 11.6. The van der Waals surface area contributed by atoms with Crippen LogP contribution in [0.2, 0.25) is 0 Å². The molecule has 0 heterocycles. The fraction of sp³-hybridized carbons (Fsp3) is 0.917. The summed E-state index contributed by atoms with van der Waals surface area (Å²) in [5.74, 6) is 0.644. The van der Waals surface area contributed by atoms with Crippen molar-refractivity contribution in [1.29, 1.82) is 0 Å². The third-order valence-corrected chi connectivity index (χ3v) is 2.82. The van der Waals surface area contributed by atoms with Gasteiger partial charge in [0, 0.05) is 39.8 Å². The standard InChI is InChI=1S/C12H26N2O2.ClH/c1-10(2)11(13)7-8-14(3)12(15)6-5-9-16-4;/h10-11H,5-9,13H2,1-4H3;1H. The van der Waals surface area contributed by atoms with Crippen molar-refractivity contribution in [2.24, 2.45) is 11.7 Å². The topological polar surface area (TPSA) is 55.6 Å². The van der Waals surface area contributed by atoms with Crippen molar-refractivity contribution in [1.82, 2.24) is 4.90 Å². The van der Waals surface area contributed by atoms with Crippen molar-refractivity contribution in [2.45, 2.75) is 39.2 Å². The van der Waals surface area contributed by atoms with E-state index in [0.717, 1.165) is 19.4 Å². The molecule has 0 spiro atoms. The van der Waals surface area contributed by atoms with Gasteiger partial charge in [-0.15, -0.1) is 12.4 Å². The summed E-state index contributed by atoms with van der Waals surface area (Å²) >= 11 is 0. The van der Waals surface area contributed by atoms with Crippen LogP contribution < -0.4 is 5.73 Å². The summed E-state index contributed by atoms with van der Waals surface area (Å²) in [5.41, 5.74) is 5.93. The predicted molar refractivity (Wildman–Crippen MR) is 73.4 cm³/mol. The van der Waals surface area contributed by atoms with Crippen LogP contribution in [0.15, 0.2) is 0 Å². The average Bonchev–Trinajstić information content (AvgIpc) is 2.25. The minimum atomic E-state index is 0. The number of methoxy groups -OCH3 is 1. The first-order chi connectivity index (χ1) is 7.49. The van der Waals surface area contributed by atoms with Gasteiger partial charge in [0.2, 0.25) is 5.91 Å². The SMILES string of the molecule is COCCCC(=O)N(C)CCC(N)C(C)C.Cl. The van der Waals surface area contributed by atoms with Gasteiger partial charge in [-0.25, -0.2) is 0 Å². The van der Waals surface area contributed by atoms with Crippen molar-refractivity contribution in [3.63, 3.8) is 0 Å². The second kappa shape index (κ2) is 10.8. The Morgan fingerprint density at radius 1 is 1.41 bits per heavy atom. The van der Waals surface area contributed by atoms with Crippen LogP contribution in [0.1, 0.15) is 33.1 Å². The highest BCUT2D eigenvalue weighted by Crippen LogP contribution is 2.04. The minimum absolute atomic E-state index is 0. The molecule has 0 aliphatic rings. The summed E-state index contributed by atoms with van der Waals surface area (Å²) in [7, 11) is 3.48. The van der Waals surface area contributed by atoms with Gasteiger partial charge in [0.15, 0.2) is 0 Å². The number of carbonyl (C=O) groups is 1. The van der Waals surface area contributed by atoms with E-state index < -0.39 is 0 Å². The lowest BCUT2D eigenvalue weighted by Gasteiger charge is -2.21. The zero-order valence-electron chi connectivity index (χ0n) is 11.4. The molecule has 0 aromatic carbocycles. The summed E-state index contributed by atoms with van der Waals surface area (Å²) < 4.78 is 4.91. The number of amides is 1. The molecule has 0 aliphatic heterocycles. The molecular weight excluding hydrogens is 240 g/mol. The summed E-state index contributed by atoms with van der Waals surface area (Å²) in [4.78, 5) is 13.4. The molecule has 1 atom stereocenters. The van der Waals surface area contributed by atoms with Crippen molar-refractivity contribution < 1.29 is 9.53 Å². The van der Waals surface area contributed by atoms with Crippen molar-refractivity contribution in [3.05, 3.63) is 0 Å². The van der Waals surface area contributed by atoms with Gasteiger partial charge in [0.05, 0.1) is 0 Å². The fourth-order valence-electron chi connectivity index (χ4n) is 1.36. The predicted octanol–water partition coefficient (Wildman–Crippen LogP) is 1.67. The summed E-state index contributed by atoms with van der Waals surface area (Å²) in [6.07, 6.45) is 2.21. The molecule has 0 aliphatic carbocycles. The van der Waals surface area contributed by atoms with Gasteiger partial charge < -0.3 is 15.4 Å². The minimum Gasteiger partial charge on any atom is -0.385 e. The molecule has 0 aromatic rings. The van der Waals surface area contributed by atoms with Crippen LogP contribution in [0, 0.1) is 5.92 Å². The summed E-state index contributed by atoms with van der Waals surface area (Å²) in [6.45, 7) is 5.59. The molecule has 5 heteroatoms. The van der Waals surface area contributed by atoms with E-state index in [4.69, 9.17) is 10.5 Å². The Bertz CT molecular complexity index is 201. The van der Waals surface area contributed by atoms with Gasteiger partial charge in [0.1, 0.15) is 0 Å². The van der Waals surface area contributed by atoms with Crippen LogP contribution in [0.5, 0.6) is 0 Å². The van der Waals surface area contributed by atoms with E-state index in [0.29, 0.717) is 18.9 Å². The molecule has 0 aromatic heterocycles. The highest BCUT2D eigenvalue weighted by molar-refractivity contribution is 5.85. The van der Waals surface area contributed by atoms with Gasteiger partial charge in [-0.1, -0.05) is 13.8 Å². The highest BCUT2D eigenvalue weighted by Gasteiger charge is 2.12. The van der Waals surface area contributed by atoms with Gasteiger partial charge in [-0.2, -0.15) is 0 Å².